The number of rotatable bonds is 3. The lowest BCUT2D eigenvalue weighted by molar-refractivity contribution is -0.113. The molecule has 1 amide bonds. The third kappa shape index (κ3) is 2.78. The molecule has 0 atom stereocenters. The summed E-state index contributed by atoms with van der Waals surface area (Å²) in [5.41, 5.74) is 2.03. The van der Waals surface area contributed by atoms with Crippen LogP contribution in [0.2, 0.25) is 0 Å². The number of ether oxygens (including phenoxy) is 2. The van der Waals surface area contributed by atoms with Gasteiger partial charge in [0.25, 0.3) is 5.91 Å². The molecule has 0 saturated carbocycles. The first kappa shape index (κ1) is 15.8. The van der Waals surface area contributed by atoms with Crippen LogP contribution in [-0.2, 0) is 4.79 Å². The molecule has 7 heteroatoms. The first-order chi connectivity index (χ1) is 13.3. The van der Waals surface area contributed by atoms with Crippen LogP contribution < -0.4 is 14.4 Å². The van der Waals surface area contributed by atoms with E-state index in [-0.39, 0.29) is 12.7 Å². The van der Waals surface area contributed by atoms with Gasteiger partial charge in [0.2, 0.25) is 6.79 Å². The van der Waals surface area contributed by atoms with Crippen LogP contribution >= 0.6 is 11.3 Å². The summed E-state index contributed by atoms with van der Waals surface area (Å²) < 4.78 is 10.7. The minimum atomic E-state index is -0.207. The molecule has 27 heavy (non-hydrogen) atoms. The second kappa shape index (κ2) is 6.37. The molecule has 1 aromatic heterocycles. The van der Waals surface area contributed by atoms with Gasteiger partial charge in [0, 0.05) is 17.1 Å². The van der Waals surface area contributed by atoms with Crippen molar-refractivity contribution < 1.29 is 14.3 Å². The highest BCUT2D eigenvalue weighted by Crippen LogP contribution is 2.34. The van der Waals surface area contributed by atoms with Crippen molar-refractivity contribution >= 4 is 34.3 Å². The third-order valence-corrected chi connectivity index (χ3v) is 4.96. The molecule has 132 valence electrons. The van der Waals surface area contributed by atoms with Crippen LogP contribution in [0.5, 0.6) is 11.5 Å². The molecule has 6 nitrogen and oxygen atoms in total. The number of amidine groups is 1. The number of anilines is 1. The zero-order valence-corrected chi connectivity index (χ0v) is 14.8. The Kier molecular flexibility index (Phi) is 3.72. The second-order valence-electron chi connectivity index (χ2n) is 5.90. The maximum absolute atomic E-state index is 13.1. The van der Waals surface area contributed by atoms with E-state index in [2.05, 4.69) is 9.98 Å². The van der Waals surface area contributed by atoms with E-state index in [1.807, 2.05) is 53.9 Å². The number of benzene rings is 2. The zero-order chi connectivity index (χ0) is 18.2. The van der Waals surface area contributed by atoms with Crippen LogP contribution in [0.3, 0.4) is 0 Å². The smallest absolute Gasteiger partial charge is 0.284 e. The van der Waals surface area contributed by atoms with Crippen molar-refractivity contribution in [2.75, 3.05) is 11.7 Å². The summed E-state index contributed by atoms with van der Waals surface area (Å²) in [6.45, 7) is 0.211. The second-order valence-corrected chi connectivity index (χ2v) is 6.77. The van der Waals surface area contributed by atoms with Crippen LogP contribution in [0.4, 0.5) is 5.13 Å². The Bertz CT molecular complexity index is 1080. The molecule has 2 aliphatic heterocycles. The van der Waals surface area contributed by atoms with Gasteiger partial charge in [-0.05, 0) is 23.8 Å². The molecular weight excluding hydrogens is 362 g/mol. The van der Waals surface area contributed by atoms with E-state index in [1.54, 1.807) is 17.2 Å². The third-order valence-electron chi connectivity index (χ3n) is 4.20. The highest BCUT2D eigenvalue weighted by atomic mass is 32.1. The molecular formula is C20H13N3O3S. The number of carbonyl (C=O) groups excluding carboxylic acids is 1. The van der Waals surface area contributed by atoms with Gasteiger partial charge in [-0.15, -0.1) is 11.3 Å². The zero-order valence-electron chi connectivity index (χ0n) is 14.0. The number of hydrogen-bond donors (Lipinski definition) is 0. The monoisotopic (exact) mass is 375 g/mol. The average Bonchev–Trinajstić information content (AvgIpc) is 3.43. The number of carbonyl (C=O) groups is 1. The quantitative estimate of drug-likeness (QED) is 0.655. The summed E-state index contributed by atoms with van der Waals surface area (Å²) in [4.78, 5) is 23.5. The van der Waals surface area contributed by atoms with Crippen molar-refractivity contribution in [2.24, 2.45) is 4.99 Å². The molecule has 2 aliphatic rings. The summed E-state index contributed by atoms with van der Waals surface area (Å²) in [5, 5.41) is 2.43. The van der Waals surface area contributed by atoms with Gasteiger partial charge in [-0.2, -0.15) is 0 Å². The Morgan fingerprint density at radius 3 is 2.74 bits per heavy atom. The maximum Gasteiger partial charge on any atom is 0.284 e. The van der Waals surface area contributed by atoms with Gasteiger partial charge in [0.05, 0.1) is 0 Å². The highest BCUT2D eigenvalue weighted by molar-refractivity contribution is 7.14. The van der Waals surface area contributed by atoms with Crippen LogP contribution in [-0.4, -0.2) is 23.5 Å². The number of nitrogens with zero attached hydrogens (tertiary/aromatic N) is 3. The maximum atomic E-state index is 13.1. The van der Waals surface area contributed by atoms with Crippen LogP contribution in [0, 0.1) is 0 Å². The molecule has 0 saturated heterocycles. The van der Waals surface area contributed by atoms with Crippen molar-refractivity contribution in [2.45, 2.75) is 0 Å². The average molecular weight is 375 g/mol. The van der Waals surface area contributed by atoms with Crippen molar-refractivity contribution in [1.82, 2.24) is 4.98 Å². The van der Waals surface area contributed by atoms with E-state index in [0.29, 0.717) is 28.2 Å². The molecule has 0 radical (unpaired) electrons. The summed E-state index contributed by atoms with van der Waals surface area (Å²) in [7, 11) is 0. The first-order valence-corrected chi connectivity index (χ1v) is 9.17. The fourth-order valence-electron chi connectivity index (χ4n) is 2.96. The number of fused-ring (bicyclic) bond motifs is 1. The molecule has 0 fully saturated rings. The molecule has 3 heterocycles. The van der Waals surface area contributed by atoms with E-state index in [0.717, 1.165) is 11.1 Å². The summed E-state index contributed by atoms with van der Waals surface area (Å²) >= 11 is 1.40. The molecule has 0 unspecified atom stereocenters. The van der Waals surface area contributed by atoms with E-state index < -0.39 is 0 Å². The minimum Gasteiger partial charge on any atom is -0.454 e. The Labute approximate surface area is 159 Å². The van der Waals surface area contributed by atoms with Crippen molar-refractivity contribution in [3.8, 4) is 11.5 Å². The Balaban J connectivity index is 1.59. The molecule has 5 rings (SSSR count). The fourth-order valence-corrected chi connectivity index (χ4v) is 3.60. The minimum absolute atomic E-state index is 0.207. The molecule has 3 aromatic rings. The van der Waals surface area contributed by atoms with E-state index in [1.165, 1.54) is 11.3 Å². The number of aromatic nitrogens is 1. The summed E-state index contributed by atoms with van der Waals surface area (Å²) in [6.07, 6.45) is 3.43. The van der Waals surface area contributed by atoms with E-state index in [4.69, 9.17) is 9.47 Å². The van der Waals surface area contributed by atoms with Gasteiger partial charge in [-0.3, -0.25) is 4.79 Å². The number of aliphatic imine (C=N–C) groups is 1. The lowest BCUT2D eigenvalue weighted by Crippen LogP contribution is -2.32. The van der Waals surface area contributed by atoms with E-state index in [9.17, 15) is 4.79 Å². The molecule has 2 aromatic carbocycles. The van der Waals surface area contributed by atoms with Crippen molar-refractivity contribution in [1.29, 1.82) is 0 Å². The first-order valence-electron chi connectivity index (χ1n) is 8.29. The fraction of sp³-hybridized carbons (Fsp3) is 0.0500. The largest absolute Gasteiger partial charge is 0.454 e. The molecule has 0 bridgehead atoms. The van der Waals surface area contributed by atoms with Crippen molar-refractivity contribution in [3.63, 3.8) is 0 Å². The number of thiazole rings is 1. The van der Waals surface area contributed by atoms with Crippen LogP contribution in [0.1, 0.15) is 11.1 Å². The summed E-state index contributed by atoms with van der Waals surface area (Å²) in [5.74, 6) is 1.73. The molecule has 0 aliphatic carbocycles. The number of amides is 1. The molecule has 0 N–H and O–H groups in total. The van der Waals surface area contributed by atoms with Gasteiger partial charge in [-0.25, -0.2) is 14.9 Å². The predicted molar refractivity (Wildman–Crippen MR) is 103 cm³/mol. The van der Waals surface area contributed by atoms with E-state index >= 15 is 0 Å². The van der Waals surface area contributed by atoms with Gasteiger partial charge in [0.15, 0.2) is 16.6 Å². The van der Waals surface area contributed by atoms with Crippen molar-refractivity contribution in [3.05, 3.63) is 76.9 Å². The lowest BCUT2D eigenvalue weighted by atomic mass is 10.1. The topological polar surface area (TPSA) is 64.0 Å². The van der Waals surface area contributed by atoms with Gasteiger partial charge in [-0.1, -0.05) is 36.4 Å². The SMILES string of the molecule is O=C1C(=Cc2ccc3c(c2)OCO3)N=C(c2ccccc2)N1c1nccs1. The summed E-state index contributed by atoms with van der Waals surface area (Å²) in [6, 6.07) is 15.2. The van der Waals surface area contributed by atoms with Crippen LogP contribution in [0.25, 0.3) is 6.08 Å². The highest BCUT2D eigenvalue weighted by Gasteiger charge is 2.34. The Morgan fingerprint density at radius 1 is 1.07 bits per heavy atom. The Hall–Kier alpha value is -3.45. The van der Waals surface area contributed by atoms with Gasteiger partial charge >= 0.3 is 0 Å². The standard InChI is InChI=1S/C20H13N3O3S/c24-19-15(10-13-6-7-16-17(11-13)26-12-25-16)22-18(14-4-2-1-3-5-14)23(19)20-21-8-9-27-20/h1-11H,12H2. The van der Waals surface area contributed by atoms with Gasteiger partial charge < -0.3 is 9.47 Å². The van der Waals surface area contributed by atoms with Crippen LogP contribution in [0.15, 0.2) is 70.8 Å². The number of hydrogen-bond acceptors (Lipinski definition) is 6. The Morgan fingerprint density at radius 2 is 1.93 bits per heavy atom. The normalized spacial score (nSPS) is 16.9. The lowest BCUT2D eigenvalue weighted by Gasteiger charge is -2.14. The van der Waals surface area contributed by atoms with Gasteiger partial charge in [0.1, 0.15) is 11.5 Å². The molecule has 0 spiro atoms. The predicted octanol–water partition coefficient (Wildman–Crippen LogP) is 3.71.